The lowest BCUT2D eigenvalue weighted by molar-refractivity contribution is -0.271. The third-order valence-electron chi connectivity index (χ3n) is 10.9. The van der Waals surface area contributed by atoms with Crippen molar-refractivity contribution in [1.82, 2.24) is 14.5 Å². The molecule has 0 aromatic heterocycles. The molecule has 0 spiro atoms. The van der Waals surface area contributed by atoms with Gasteiger partial charge < -0.3 is 61.6 Å². The van der Waals surface area contributed by atoms with Gasteiger partial charge in [-0.05, 0) is 65.9 Å². The van der Waals surface area contributed by atoms with Gasteiger partial charge in [-0.2, -0.15) is 4.31 Å². The van der Waals surface area contributed by atoms with Crippen LogP contribution in [0, 0.1) is 5.92 Å². The number of aliphatic hydroxyl groups excluding tert-OH is 3. The maximum absolute atomic E-state index is 13.7. The van der Waals surface area contributed by atoms with Gasteiger partial charge in [0.05, 0.1) is 16.3 Å². The number of hydrogen-bond acceptors (Lipinski definition) is 15. The molecule has 3 aliphatic rings. The second kappa shape index (κ2) is 21.4. The highest BCUT2D eigenvalue weighted by molar-refractivity contribution is 7.89. The van der Waals surface area contributed by atoms with Crippen LogP contribution in [-0.2, 0) is 40.5 Å². The summed E-state index contributed by atoms with van der Waals surface area (Å²) in [6.45, 7) is 5.50. The van der Waals surface area contributed by atoms with E-state index >= 15 is 0 Å². The first kappa shape index (κ1) is 48.5. The summed E-state index contributed by atoms with van der Waals surface area (Å²) in [7, 11) is -3.89. The Labute approximate surface area is 375 Å². The first-order valence-corrected chi connectivity index (χ1v) is 22.7. The minimum atomic E-state index is -3.89. The summed E-state index contributed by atoms with van der Waals surface area (Å²) in [5.41, 5.74) is 15.4. The van der Waals surface area contributed by atoms with Crippen LogP contribution in [0.4, 0.5) is 16.2 Å². The molecule has 2 fully saturated rings. The number of nitrogens with zero attached hydrogens (tertiary/aromatic N) is 3. The maximum Gasteiger partial charge on any atom is 0.407 e. The molecule has 65 heavy (non-hydrogen) atoms. The van der Waals surface area contributed by atoms with Crippen molar-refractivity contribution in [2.75, 3.05) is 44.6 Å². The van der Waals surface area contributed by atoms with E-state index in [1.807, 2.05) is 43.0 Å². The Kier molecular flexibility index (Phi) is 15.9. The van der Waals surface area contributed by atoms with Crippen LogP contribution in [0.2, 0.25) is 0 Å². The summed E-state index contributed by atoms with van der Waals surface area (Å²) in [6.07, 6.45) is -6.55. The molecular formula is C44H55N7O13S. The normalized spacial score (nSPS) is 21.1. The van der Waals surface area contributed by atoms with Crippen molar-refractivity contribution in [3.8, 4) is 16.9 Å². The highest BCUT2D eigenvalue weighted by Gasteiger charge is 2.48. The van der Waals surface area contributed by atoms with Crippen LogP contribution in [0.3, 0.4) is 0 Å². The van der Waals surface area contributed by atoms with Crippen molar-refractivity contribution in [1.29, 1.82) is 0 Å². The second-order valence-electron chi connectivity index (χ2n) is 16.0. The molecule has 10 N–H and O–H groups in total. The van der Waals surface area contributed by atoms with Crippen molar-refractivity contribution in [3.63, 3.8) is 0 Å². The number of sulfonamides is 1. The summed E-state index contributed by atoms with van der Waals surface area (Å²) in [6, 6.07) is 16.3. The van der Waals surface area contributed by atoms with Crippen LogP contribution in [0.5, 0.6) is 5.75 Å². The molecule has 5 atom stereocenters. The van der Waals surface area contributed by atoms with Crippen LogP contribution >= 0.6 is 0 Å². The molecule has 0 aliphatic carbocycles. The Bertz CT molecular complexity index is 2420. The molecule has 20 nitrogen and oxygen atoms in total. The lowest BCUT2D eigenvalue weighted by Crippen LogP contribution is -2.61. The van der Waals surface area contributed by atoms with E-state index in [1.54, 1.807) is 18.2 Å². The molecule has 6 rings (SSSR count). The van der Waals surface area contributed by atoms with Gasteiger partial charge in [-0.15, -0.1) is 0 Å². The van der Waals surface area contributed by atoms with E-state index in [1.165, 1.54) is 28.6 Å². The zero-order valence-electron chi connectivity index (χ0n) is 36.0. The summed E-state index contributed by atoms with van der Waals surface area (Å²) in [5.74, 6) is -2.19. The van der Waals surface area contributed by atoms with Gasteiger partial charge in [0.15, 0.2) is 6.10 Å². The van der Waals surface area contributed by atoms with E-state index in [2.05, 4.69) is 15.6 Å². The van der Waals surface area contributed by atoms with Gasteiger partial charge in [-0.25, -0.2) is 23.0 Å². The van der Waals surface area contributed by atoms with Gasteiger partial charge in [0, 0.05) is 69.2 Å². The lowest BCUT2D eigenvalue weighted by Gasteiger charge is -2.38. The molecule has 3 amide bonds. The standard InChI is InChI=1S/C44H55N7O13S/c1-3-14-50(15-4-2)41(56)30-17-29-10-9-28(19-32(29)48-35(46)20-30)27-6-5-7-31(18-27)65(60,61)51-22-26(23-51)21-47-44(59)62-24-25-8-11-34(33(16-25)49-36(52)12-13-45)63-43-39(55)37(53)38(54)40(64-43)42(57)58/h5-11,16-19,26,37-40,43,53-55H,3-4,12-15,20-24,45H2,1-2H3,(H2,46,48)(H,47,59)(H,49,52)(H,57,58). The first-order valence-electron chi connectivity index (χ1n) is 21.2. The van der Waals surface area contributed by atoms with Crippen molar-refractivity contribution in [2.24, 2.45) is 22.4 Å². The fraction of sp³-hybridized carbons (Fsp3) is 0.432. The van der Waals surface area contributed by atoms with E-state index in [9.17, 15) is 48.0 Å². The zero-order chi connectivity index (χ0) is 47.0. The predicted molar refractivity (Wildman–Crippen MR) is 237 cm³/mol. The third kappa shape index (κ3) is 11.7. The van der Waals surface area contributed by atoms with Crippen molar-refractivity contribution in [2.45, 2.75) is 81.7 Å². The summed E-state index contributed by atoms with van der Waals surface area (Å²) < 4.78 is 44.9. The van der Waals surface area contributed by atoms with E-state index in [4.69, 9.17) is 25.7 Å². The molecule has 5 unspecified atom stereocenters. The number of ether oxygens (including phenoxy) is 3. The number of aliphatic imine (C=N–C) groups is 1. The monoisotopic (exact) mass is 921 g/mol. The number of aliphatic hydroxyl groups is 3. The molecular weight excluding hydrogens is 867 g/mol. The van der Waals surface area contributed by atoms with Gasteiger partial charge in [-0.3, -0.25) is 9.59 Å². The number of rotatable bonds is 18. The van der Waals surface area contributed by atoms with E-state index in [0.717, 1.165) is 18.4 Å². The van der Waals surface area contributed by atoms with Gasteiger partial charge in [0.1, 0.15) is 36.5 Å². The number of carbonyl (C=O) groups is 4. The van der Waals surface area contributed by atoms with Crippen LogP contribution in [0.25, 0.3) is 17.2 Å². The molecule has 2 saturated heterocycles. The van der Waals surface area contributed by atoms with Crippen LogP contribution in [-0.4, -0.2) is 138 Å². The fourth-order valence-electron chi connectivity index (χ4n) is 7.51. The average molecular weight is 922 g/mol. The molecule has 3 aromatic carbocycles. The van der Waals surface area contributed by atoms with E-state index in [-0.39, 0.29) is 73.8 Å². The summed E-state index contributed by atoms with van der Waals surface area (Å²) >= 11 is 0. The lowest BCUT2D eigenvalue weighted by atomic mass is 9.99. The smallest absolute Gasteiger partial charge is 0.407 e. The Morgan fingerprint density at radius 1 is 0.954 bits per heavy atom. The number of hydrogen-bond donors (Lipinski definition) is 8. The highest BCUT2D eigenvalue weighted by atomic mass is 32.2. The zero-order valence-corrected chi connectivity index (χ0v) is 36.8. The largest absolute Gasteiger partial charge is 0.479 e. The number of carboxylic acid groups (broad SMARTS) is 1. The Hall–Kier alpha value is -5.94. The number of benzene rings is 3. The van der Waals surface area contributed by atoms with Gasteiger partial charge in [-0.1, -0.05) is 44.2 Å². The summed E-state index contributed by atoms with van der Waals surface area (Å²) in [4.78, 5) is 56.6. The molecule has 350 valence electrons. The molecule has 0 saturated carbocycles. The maximum atomic E-state index is 13.7. The third-order valence-corrected chi connectivity index (χ3v) is 12.8. The number of alkyl carbamates (subject to hydrolysis) is 1. The Morgan fingerprint density at radius 3 is 2.37 bits per heavy atom. The molecule has 3 aromatic rings. The van der Waals surface area contributed by atoms with Gasteiger partial charge >= 0.3 is 12.1 Å². The number of amides is 3. The minimum Gasteiger partial charge on any atom is -0.479 e. The van der Waals surface area contributed by atoms with Gasteiger partial charge in [0.2, 0.25) is 28.1 Å². The second-order valence-corrected chi connectivity index (χ2v) is 17.9. The number of nitrogens with two attached hydrogens (primary N) is 2. The molecule has 3 heterocycles. The van der Waals surface area contributed by atoms with Crippen molar-refractivity contribution < 1.29 is 62.2 Å². The molecule has 21 heteroatoms. The molecule has 3 aliphatic heterocycles. The number of fused-ring (bicyclic) bond motifs is 1. The van der Waals surface area contributed by atoms with Gasteiger partial charge in [0.25, 0.3) is 0 Å². The van der Waals surface area contributed by atoms with Crippen molar-refractivity contribution in [3.05, 3.63) is 77.4 Å². The van der Waals surface area contributed by atoms with Crippen LogP contribution < -0.4 is 26.8 Å². The number of carbonyl (C=O) groups excluding carboxylic acids is 3. The van der Waals surface area contributed by atoms with E-state index < -0.39 is 58.7 Å². The van der Waals surface area contributed by atoms with Crippen LogP contribution in [0.1, 0.15) is 50.7 Å². The molecule has 0 radical (unpaired) electrons. The number of carboxylic acids is 1. The highest BCUT2D eigenvalue weighted by Crippen LogP contribution is 2.35. The van der Waals surface area contributed by atoms with E-state index in [0.29, 0.717) is 46.9 Å². The topological polar surface area (TPSA) is 306 Å². The Morgan fingerprint density at radius 2 is 1.68 bits per heavy atom. The fourth-order valence-corrected chi connectivity index (χ4v) is 9.15. The van der Waals surface area contributed by atoms with Crippen molar-refractivity contribution >= 4 is 57.2 Å². The number of aliphatic carboxylic acids is 1. The summed E-state index contributed by atoms with van der Waals surface area (Å²) in [5, 5.41) is 45.2. The number of amidine groups is 1. The average Bonchev–Trinajstić information content (AvgIpc) is 3.43. The SMILES string of the molecule is CCCN(CCC)C(=O)C1=Cc2ccc(-c3cccc(S(=O)(=O)N4CC(CNC(=O)OCc5ccc(OC6OC(C(=O)O)C(O)C(O)C6O)c(NC(=O)CCN)c5)C4)c3)cc2N=C(N)C1. The Balaban J connectivity index is 1.03. The minimum absolute atomic E-state index is 0.0172. The molecule has 0 bridgehead atoms. The number of nitrogens with one attached hydrogen (secondary N) is 2. The quantitative estimate of drug-likeness (QED) is 0.0904. The first-order chi connectivity index (χ1) is 31.0. The number of anilines is 1. The predicted octanol–water partition coefficient (Wildman–Crippen LogP) is 1.88. The van der Waals surface area contributed by atoms with Crippen LogP contribution in [0.15, 0.2) is 76.1 Å².